The fraction of sp³-hybridized carbons (Fsp3) is 0.625. The zero-order valence-corrected chi connectivity index (χ0v) is 11.2. The standard InChI is InChI=1S/C16H25N/c1-3-13-11-8-12-16(13)17-15(4-2)14-9-6-5-7-10-14/h5-7,9-10,13,15-17H,3-4,8,11-12H2,1-2H3. The van der Waals surface area contributed by atoms with Crippen molar-refractivity contribution < 1.29 is 0 Å². The predicted molar refractivity (Wildman–Crippen MR) is 74.0 cm³/mol. The van der Waals surface area contributed by atoms with Gasteiger partial charge in [0.15, 0.2) is 0 Å². The van der Waals surface area contributed by atoms with E-state index in [9.17, 15) is 0 Å². The van der Waals surface area contributed by atoms with Crippen LogP contribution in [0.2, 0.25) is 0 Å². The molecule has 1 aliphatic rings. The minimum Gasteiger partial charge on any atom is -0.307 e. The Morgan fingerprint density at radius 3 is 2.59 bits per heavy atom. The van der Waals surface area contributed by atoms with E-state index in [1.54, 1.807) is 0 Å². The number of hydrogen-bond donors (Lipinski definition) is 1. The SMILES string of the molecule is CCC(NC1CCCC1CC)c1ccccc1. The van der Waals surface area contributed by atoms with Gasteiger partial charge >= 0.3 is 0 Å². The molecule has 1 N–H and O–H groups in total. The second kappa shape index (κ2) is 6.20. The second-order valence-corrected chi connectivity index (χ2v) is 5.24. The van der Waals surface area contributed by atoms with Crippen molar-refractivity contribution in [1.82, 2.24) is 5.32 Å². The quantitative estimate of drug-likeness (QED) is 0.796. The third-order valence-electron chi connectivity index (χ3n) is 4.21. The van der Waals surface area contributed by atoms with Gasteiger partial charge in [0.1, 0.15) is 0 Å². The highest BCUT2D eigenvalue weighted by atomic mass is 15.0. The Morgan fingerprint density at radius 1 is 1.18 bits per heavy atom. The maximum atomic E-state index is 3.88. The summed E-state index contributed by atoms with van der Waals surface area (Å²) in [6.07, 6.45) is 6.68. The third-order valence-corrected chi connectivity index (χ3v) is 4.21. The van der Waals surface area contributed by atoms with E-state index in [-0.39, 0.29) is 0 Å². The van der Waals surface area contributed by atoms with Gasteiger partial charge in [0.05, 0.1) is 0 Å². The van der Waals surface area contributed by atoms with Crippen molar-refractivity contribution >= 4 is 0 Å². The van der Waals surface area contributed by atoms with Crippen LogP contribution in [0.5, 0.6) is 0 Å². The molecule has 0 aromatic heterocycles. The molecule has 1 aromatic carbocycles. The van der Waals surface area contributed by atoms with Gasteiger partial charge in [-0.1, -0.05) is 57.0 Å². The molecule has 0 bridgehead atoms. The van der Waals surface area contributed by atoms with Crippen LogP contribution < -0.4 is 5.32 Å². The smallest absolute Gasteiger partial charge is 0.0320 e. The molecule has 1 heteroatoms. The zero-order valence-electron chi connectivity index (χ0n) is 11.2. The van der Waals surface area contributed by atoms with Crippen molar-refractivity contribution in [1.29, 1.82) is 0 Å². The van der Waals surface area contributed by atoms with Crippen molar-refractivity contribution in [2.75, 3.05) is 0 Å². The van der Waals surface area contributed by atoms with Crippen molar-refractivity contribution in [2.45, 2.75) is 58.0 Å². The first kappa shape index (κ1) is 12.6. The fourth-order valence-corrected chi connectivity index (χ4v) is 3.14. The van der Waals surface area contributed by atoms with Crippen molar-refractivity contribution in [2.24, 2.45) is 5.92 Å². The van der Waals surface area contributed by atoms with Gasteiger partial charge in [-0.2, -0.15) is 0 Å². The van der Waals surface area contributed by atoms with Crippen LogP contribution in [0.15, 0.2) is 30.3 Å². The molecular weight excluding hydrogens is 206 g/mol. The van der Waals surface area contributed by atoms with Crippen LogP contribution in [-0.4, -0.2) is 6.04 Å². The van der Waals surface area contributed by atoms with Crippen LogP contribution in [0, 0.1) is 5.92 Å². The topological polar surface area (TPSA) is 12.0 Å². The number of hydrogen-bond acceptors (Lipinski definition) is 1. The lowest BCUT2D eigenvalue weighted by Crippen LogP contribution is -2.35. The Labute approximate surface area is 106 Å². The van der Waals surface area contributed by atoms with E-state index in [0.717, 1.165) is 12.0 Å². The van der Waals surface area contributed by atoms with Crippen molar-refractivity contribution in [3.05, 3.63) is 35.9 Å². The summed E-state index contributed by atoms with van der Waals surface area (Å²) in [5, 5.41) is 3.88. The van der Waals surface area contributed by atoms with Crippen LogP contribution in [0.1, 0.15) is 57.6 Å². The normalized spacial score (nSPS) is 26.0. The molecule has 1 aliphatic carbocycles. The van der Waals surface area contributed by atoms with Gasteiger partial charge in [-0.05, 0) is 30.7 Å². The number of rotatable bonds is 5. The van der Waals surface area contributed by atoms with Gasteiger partial charge in [0.2, 0.25) is 0 Å². The Hall–Kier alpha value is -0.820. The maximum absolute atomic E-state index is 3.88. The van der Waals surface area contributed by atoms with Gasteiger partial charge in [0, 0.05) is 12.1 Å². The summed E-state index contributed by atoms with van der Waals surface area (Å²) in [6, 6.07) is 12.2. The van der Waals surface area contributed by atoms with Gasteiger partial charge in [-0.15, -0.1) is 0 Å². The van der Waals surface area contributed by atoms with Crippen LogP contribution in [0.25, 0.3) is 0 Å². The first-order valence-electron chi connectivity index (χ1n) is 7.16. The molecule has 0 amide bonds. The molecule has 1 fully saturated rings. The summed E-state index contributed by atoms with van der Waals surface area (Å²) in [6.45, 7) is 4.61. The van der Waals surface area contributed by atoms with E-state index in [1.165, 1.54) is 37.7 Å². The average Bonchev–Trinajstić information content (AvgIpc) is 2.84. The van der Waals surface area contributed by atoms with Gasteiger partial charge < -0.3 is 5.32 Å². The molecule has 0 saturated heterocycles. The molecule has 3 atom stereocenters. The largest absolute Gasteiger partial charge is 0.307 e. The highest BCUT2D eigenvalue weighted by molar-refractivity contribution is 5.19. The van der Waals surface area contributed by atoms with Crippen LogP contribution in [0.4, 0.5) is 0 Å². The molecule has 0 radical (unpaired) electrons. The van der Waals surface area contributed by atoms with Crippen LogP contribution in [0.3, 0.4) is 0 Å². The van der Waals surface area contributed by atoms with E-state index in [1.807, 2.05) is 0 Å². The predicted octanol–water partition coefficient (Wildman–Crippen LogP) is 4.31. The molecule has 2 rings (SSSR count). The summed E-state index contributed by atoms with van der Waals surface area (Å²) < 4.78 is 0. The van der Waals surface area contributed by atoms with Gasteiger partial charge in [0.25, 0.3) is 0 Å². The Morgan fingerprint density at radius 2 is 1.94 bits per heavy atom. The summed E-state index contributed by atoms with van der Waals surface area (Å²) in [5.74, 6) is 0.896. The van der Waals surface area contributed by atoms with Gasteiger partial charge in [-0.25, -0.2) is 0 Å². The second-order valence-electron chi connectivity index (χ2n) is 5.24. The van der Waals surface area contributed by atoms with E-state index >= 15 is 0 Å². The Bertz CT molecular complexity index is 320. The molecule has 1 saturated carbocycles. The van der Waals surface area contributed by atoms with E-state index < -0.39 is 0 Å². The lowest BCUT2D eigenvalue weighted by atomic mass is 9.97. The summed E-state index contributed by atoms with van der Waals surface area (Å²) in [7, 11) is 0. The molecule has 1 nitrogen and oxygen atoms in total. The van der Waals surface area contributed by atoms with Crippen LogP contribution in [-0.2, 0) is 0 Å². The zero-order chi connectivity index (χ0) is 12.1. The van der Waals surface area contributed by atoms with Crippen molar-refractivity contribution in [3.63, 3.8) is 0 Å². The molecule has 1 aromatic rings. The monoisotopic (exact) mass is 231 g/mol. The highest BCUT2D eigenvalue weighted by Crippen LogP contribution is 2.30. The summed E-state index contributed by atoms with van der Waals surface area (Å²) in [5.41, 5.74) is 1.44. The minimum absolute atomic E-state index is 0.536. The van der Waals surface area contributed by atoms with E-state index in [4.69, 9.17) is 0 Å². The molecule has 0 spiro atoms. The maximum Gasteiger partial charge on any atom is 0.0320 e. The van der Waals surface area contributed by atoms with Crippen molar-refractivity contribution in [3.8, 4) is 0 Å². The van der Waals surface area contributed by atoms with E-state index in [0.29, 0.717) is 6.04 Å². The lowest BCUT2D eigenvalue weighted by Gasteiger charge is -2.26. The molecule has 0 heterocycles. The number of nitrogens with one attached hydrogen (secondary N) is 1. The summed E-state index contributed by atoms with van der Waals surface area (Å²) >= 11 is 0. The van der Waals surface area contributed by atoms with Crippen LogP contribution >= 0.6 is 0 Å². The molecule has 0 aliphatic heterocycles. The molecule has 17 heavy (non-hydrogen) atoms. The minimum atomic E-state index is 0.536. The highest BCUT2D eigenvalue weighted by Gasteiger charge is 2.27. The fourth-order valence-electron chi connectivity index (χ4n) is 3.14. The molecule has 3 unspecified atom stereocenters. The Kier molecular flexibility index (Phi) is 4.61. The first-order chi connectivity index (χ1) is 8.35. The first-order valence-corrected chi connectivity index (χ1v) is 7.16. The number of benzene rings is 1. The average molecular weight is 231 g/mol. The molecular formula is C16H25N. The Balaban J connectivity index is 2.00. The summed E-state index contributed by atoms with van der Waals surface area (Å²) in [4.78, 5) is 0. The lowest BCUT2D eigenvalue weighted by molar-refractivity contribution is 0.345. The third kappa shape index (κ3) is 3.10. The van der Waals surface area contributed by atoms with E-state index in [2.05, 4.69) is 49.5 Å². The molecule has 94 valence electrons. The van der Waals surface area contributed by atoms with Gasteiger partial charge in [-0.3, -0.25) is 0 Å².